The molecule has 2 amide bonds. The van der Waals surface area contributed by atoms with Crippen molar-refractivity contribution in [2.75, 3.05) is 38.7 Å². The van der Waals surface area contributed by atoms with E-state index in [9.17, 15) is 18.0 Å². The fraction of sp³-hybridized carbons (Fsp3) is 0.355. The number of nitrogens with one attached hydrogen (secondary N) is 1. The highest BCUT2D eigenvalue weighted by Gasteiger charge is 2.34. The minimum Gasteiger partial charge on any atom is -0.495 e. The van der Waals surface area contributed by atoms with Crippen molar-refractivity contribution in [3.05, 3.63) is 75.7 Å². The third-order valence-electron chi connectivity index (χ3n) is 6.87. The number of ether oxygens (including phenoxy) is 3. The van der Waals surface area contributed by atoms with Gasteiger partial charge in [0.2, 0.25) is 11.8 Å². The summed E-state index contributed by atoms with van der Waals surface area (Å²) in [6.07, 6.45) is 1.67. The van der Waals surface area contributed by atoms with E-state index >= 15 is 0 Å². The van der Waals surface area contributed by atoms with Gasteiger partial charge in [0.15, 0.2) is 11.5 Å². The van der Waals surface area contributed by atoms with Crippen LogP contribution in [-0.2, 0) is 26.2 Å². The molecule has 3 aromatic carbocycles. The Kier molecular flexibility index (Phi) is 12.7. The van der Waals surface area contributed by atoms with Crippen LogP contribution in [0.3, 0.4) is 0 Å². The minimum absolute atomic E-state index is 0.0468. The van der Waals surface area contributed by atoms with E-state index in [1.807, 2.05) is 31.2 Å². The highest BCUT2D eigenvalue weighted by molar-refractivity contribution is 9.10. The Morgan fingerprint density at radius 1 is 0.955 bits per heavy atom. The maximum absolute atomic E-state index is 14.3. The third kappa shape index (κ3) is 8.58. The third-order valence-corrected chi connectivity index (χ3v) is 9.35. The van der Waals surface area contributed by atoms with E-state index in [0.717, 1.165) is 27.2 Å². The van der Waals surface area contributed by atoms with E-state index in [2.05, 4.69) is 21.2 Å². The minimum atomic E-state index is -4.43. The average Bonchev–Trinajstić information content (AvgIpc) is 3.01. The van der Waals surface area contributed by atoms with Gasteiger partial charge in [0.25, 0.3) is 10.0 Å². The normalized spacial score (nSPS) is 11.8. The van der Waals surface area contributed by atoms with Crippen molar-refractivity contribution < 1.29 is 32.2 Å². The van der Waals surface area contributed by atoms with Crippen LogP contribution < -0.4 is 23.8 Å². The van der Waals surface area contributed by atoms with Gasteiger partial charge in [-0.3, -0.25) is 13.9 Å². The number of nitrogens with zero attached hydrogens (tertiary/aromatic N) is 2. The van der Waals surface area contributed by atoms with Gasteiger partial charge in [-0.15, -0.1) is 0 Å². The van der Waals surface area contributed by atoms with Crippen molar-refractivity contribution in [3.8, 4) is 17.2 Å². The number of hydrogen-bond acceptors (Lipinski definition) is 7. The smallest absolute Gasteiger partial charge is 0.265 e. The van der Waals surface area contributed by atoms with Gasteiger partial charge in [0.1, 0.15) is 18.3 Å². The molecule has 13 heteroatoms. The molecule has 0 bridgehead atoms. The van der Waals surface area contributed by atoms with Crippen LogP contribution in [0.5, 0.6) is 17.2 Å². The number of hydrogen-bond donors (Lipinski definition) is 1. The molecule has 44 heavy (non-hydrogen) atoms. The lowest BCUT2D eigenvalue weighted by Gasteiger charge is -2.32. The standard InChI is InChI=1S/C31H37BrClN3O7S/c1-6-7-15-34-31(38)21(2)35(19-22-9-8-10-23(32)16-22)30(37)20-36(26-17-24(33)11-13-27(26)41-3)44(39,40)25-12-14-28(42-4)29(18-25)43-5/h8-14,16-18,21H,6-7,15,19-20H2,1-5H3,(H,34,38)/t21-/m0/s1. The van der Waals surface area contributed by atoms with Crippen LogP contribution in [0.1, 0.15) is 32.3 Å². The molecule has 0 aliphatic carbocycles. The number of halogens is 2. The first-order valence-electron chi connectivity index (χ1n) is 13.9. The Morgan fingerprint density at radius 2 is 1.64 bits per heavy atom. The van der Waals surface area contributed by atoms with Gasteiger partial charge in [-0.05, 0) is 61.4 Å². The van der Waals surface area contributed by atoms with Gasteiger partial charge < -0.3 is 24.4 Å². The summed E-state index contributed by atoms with van der Waals surface area (Å²) in [5.41, 5.74) is 0.793. The molecule has 1 N–H and O–H groups in total. The van der Waals surface area contributed by atoms with Crippen molar-refractivity contribution >= 4 is 55.1 Å². The Bertz CT molecular complexity index is 1570. The molecule has 0 saturated carbocycles. The Labute approximate surface area is 272 Å². The molecule has 0 unspecified atom stereocenters. The summed E-state index contributed by atoms with van der Waals surface area (Å²) >= 11 is 9.76. The molecule has 238 valence electrons. The highest BCUT2D eigenvalue weighted by Crippen LogP contribution is 2.37. The van der Waals surface area contributed by atoms with E-state index in [-0.39, 0.29) is 39.6 Å². The molecule has 0 aromatic heterocycles. The number of sulfonamides is 1. The fourth-order valence-electron chi connectivity index (χ4n) is 4.43. The van der Waals surface area contributed by atoms with Crippen LogP contribution in [0.4, 0.5) is 5.69 Å². The van der Waals surface area contributed by atoms with Crippen molar-refractivity contribution in [2.24, 2.45) is 0 Å². The topological polar surface area (TPSA) is 114 Å². The lowest BCUT2D eigenvalue weighted by molar-refractivity contribution is -0.139. The molecule has 0 aliphatic rings. The van der Waals surface area contributed by atoms with Crippen LogP contribution >= 0.6 is 27.5 Å². The average molecular weight is 711 g/mol. The molecule has 1 atom stereocenters. The Morgan fingerprint density at radius 3 is 2.27 bits per heavy atom. The molecule has 3 aromatic rings. The Hall–Kier alpha value is -3.48. The number of methoxy groups -OCH3 is 3. The lowest BCUT2D eigenvalue weighted by atomic mass is 10.1. The number of anilines is 1. The quantitative estimate of drug-likeness (QED) is 0.203. The summed E-state index contributed by atoms with van der Waals surface area (Å²) < 4.78 is 46.4. The second kappa shape index (κ2) is 16.0. The zero-order valence-corrected chi connectivity index (χ0v) is 28.5. The van der Waals surface area contributed by atoms with Gasteiger partial charge in [0, 0.05) is 28.7 Å². The number of carbonyl (C=O) groups excluding carboxylic acids is 2. The van der Waals surface area contributed by atoms with Crippen molar-refractivity contribution in [1.29, 1.82) is 0 Å². The van der Waals surface area contributed by atoms with Crippen LogP contribution in [0.25, 0.3) is 0 Å². The first kappa shape index (κ1) is 35.0. The SMILES string of the molecule is CCCCNC(=O)[C@H](C)N(Cc1cccc(Br)c1)C(=O)CN(c1cc(Cl)ccc1OC)S(=O)(=O)c1ccc(OC)c(OC)c1. The van der Waals surface area contributed by atoms with Crippen LogP contribution in [0, 0.1) is 0 Å². The van der Waals surface area contributed by atoms with E-state index in [4.69, 9.17) is 25.8 Å². The van der Waals surface area contributed by atoms with Crippen LogP contribution in [0.2, 0.25) is 5.02 Å². The summed E-state index contributed by atoms with van der Waals surface area (Å²) in [7, 11) is -0.213. The molecule has 0 aliphatic heterocycles. The predicted octanol–water partition coefficient (Wildman–Crippen LogP) is 5.66. The summed E-state index contributed by atoms with van der Waals surface area (Å²) in [6, 6.07) is 15.0. The van der Waals surface area contributed by atoms with Gasteiger partial charge >= 0.3 is 0 Å². The summed E-state index contributed by atoms with van der Waals surface area (Å²) in [4.78, 5) is 28.5. The van der Waals surface area contributed by atoms with Crippen molar-refractivity contribution in [2.45, 2.75) is 44.2 Å². The lowest BCUT2D eigenvalue weighted by Crippen LogP contribution is -2.51. The van der Waals surface area contributed by atoms with Crippen molar-refractivity contribution in [3.63, 3.8) is 0 Å². The fourth-order valence-corrected chi connectivity index (χ4v) is 6.47. The summed E-state index contributed by atoms with van der Waals surface area (Å²) in [5.74, 6) is -0.273. The molecule has 0 heterocycles. The van der Waals surface area contributed by atoms with Crippen LogP contribution in [-0.4, -0.2) is 65.6 Å². The van der Waals surface area contributed by atoms with E-state index in [1.54, 1.807) is 13.0 Å². The summed E-state index contributed by atoms with van der Waals surface area (Å²) in [6.45, 7) is 3.48. The first-order chi connectivity index (χ1) is 21.0. The maximum atomic E-state index is 14.3. The number of unbranched alkanes of at least 4 members (excludes halogenated alkanes) is 1. The summed E-state index contributed by atoms with van der Waals surface area (Å²) in [5, 5.41) is 3.10. The molecule has 3 rings (SSSR count). The zero-order valence-electron chi connectivity index (χ0n) is 25.3. The van der Waals surface area contributed by atoms with E-state index in [0.29, 0.717) is 12.3 Å². The largest absolute Gasteiger partial charge is 0.495 e. The van der Waals surface area contributed by atoms with Crippen LogP contribution in [0.15, 0.2) is 70.0 Å². The van der Waals surface area contributed by atoms with E-state index in [1.165, 1.54) is 56.6 Å². The van der Waals surface area contributed by atoms with Gasteiger partial charge in [-0.1, -0.05) is 53.0 Å². The van der Waals surface area contributed by atoms with Gasteiger partial charge in [-0.25, -0.2) is 8.42 Å². The van der Waals surface area contributed by atoms with E-state index < -0.39 is 28.5 Å². The van der Waals surface area contributed by atoms with Gasteiger partial charge in [-0.2, -0.15) is 0 Å². The molecular weight excluding hydrogens is 674 g/mol. The highest BCUT2D eigenvalue weighted by atomic mass is 79.9. The number of rotatable bonds is 15. The second-order valence-electron chi connectivity index (χ2n) is 9.82. The first-order valence-corrected chi connectivity index (χ1v) is 16.5. The zero-order chi connectivity index (χ0) is 32.4. The maximum Gasteiger partial charge on any atom is 0.265 e. The molecule has 10 nitrogen and oxygen atoms in total. The monoisotopic (exact) mass is 709 g/mol. The molecule has 0 fully saturated rings. The Balaban J connectivity index is 2.12. The number of amides is 2. The molecular formula is C31H37BrClN3O7S. The predicted molar refractivity (Wildman–Crippen MR) is 174 cm³/mol. The number of carbonyl (C=O) groups is 2. The second-order valence-corrected chi connectivity index (χ2v) is 13.0. The molecule has 0 spiro atoms. The molecule has 0 saturated heterocycles. The van der Waals surface area contributed by atoms with Crippen molar-refractivity contribution in [1.82, 2.24) is 10.2 Å². The number of benzene rings is 3. The van der Waals surface area contributed by atoms with Gasteiger partial charge in [0.05, 0.1) is 31.9 Å². The molecule has 0 radical (unpaired) electrons.